The predicted molar refractivity (Wildman–Crippen MR) is 108 cm³/mol. The number of nitrogens with zero attached hydrogens (tertiary/aromatic N) is 2. The van der Waals surface area contributed by atoms with E-state index in [1.54, 1.807) is 18.0 Å². The molecule has 0 radical (unpaired) electrons. The van der Waals surface area contributed by atoms with Crippen molar-refractivity contribution in [3.8, 4) is 0 Å². The van der Waals surface area contributed by atoms with Gasteiger partial charge in [-0.2, -0.15) is 13.2 Å². The number of ether oxygens (including phenoxy) is 1. The zero-order valence-corrected chi connectivity index (χ0v) is 17.7. The molecule has 1 fully saturated rings. The van der Waals surface area contributed by atoms with E-state index in [1.165, 1.54) is 19.2 Å². The SMILES string of the molecule is COC(=O)CCCC(=O)N(C)CC1CCCN(CCc2cccc(C(F)(F)F)c2)C1. The molecule has 1 aliphatic heterocycles. The molecule has 1 unspecified atom stereocenters. The van der Waals surface area contributed by atoms with Gasteiger partial charge in [0.05, 0.1) is 12.7 Å². The Labute approximate surface area is 176 Å². The van der Waals surface area contributed by atoms with Gasteiger partial charge in [0, 0.05) is 39.5 Å². The van der Waals surface area contributed by atoms with E-state index in [2.05, 4.69) is 9.64 Å². The predicted octanol–water partition coefficient (Wildman–Crippen LogP) is 3.76. The molecule has 1 saturated heterocycles. The number of piperidine rings is 1. The van der Waals surface area contributed by atoms with Crippen molar-refractivity contribution in [3.05, 3.63) is 35.4 Å². The van der Waals surface area contributed by atoms with Crippen LogP contribution in [0.2, 0.25) is 0 Å². The van der Waals surface area contributed by atoms with Gasteiger partial charge in [-0.1, -0.05) is 18.2 Å². The summed E-state index contributed by atoms with van der Waals surface area (Å²) in [6.45, 7) is 3.11. The second-order valence-electron chi connectivity index (χ2n) is 7.96. The highest BCUT2D eigenvalue weighted by Gasteiger charge is 2.30. The maximum atomic E-state index is 12.9. The number of benzene rings is 1. The van der Waals surface area contributed by atoms with Crippen LogP contribution in [0.5, 0.6) is 0 Å². The van der Waals surface area contributed by atoms with Crippen molar-refractivity contribution in [1.82, 2.24) is 9.80 Å². The number of carbonyl (C=O) groups excluding carboxylic acids is 2. The van der Waals surface area contributed by atoms with Gasteiger partial charge >= 0.3 is 12.1 Å². The zero-order valence-electron chi connectivity index (χ0n) is 17.7. The fourth-order valence-electron chi connectivity index (χ4n) is 3.86. The van der Waals surface area contributed by atoms with Crippen molar-refractivity contribution < 1.29 is 27.5 Å². The second kappa shape index (κ2) is 11.3. The molecule has 0 aliphatic carbocycles. The fourth-order valence-corrected chi connectivity index (χ4v) is 3.86. The summed E-state index contributed by atoms with van der Waals surface area (Å²) in [5.41, 5.74) is 0.0775. The quantitative estimate of drug-likeness (QED) is 0.562. The van der Waals surface area contributed by atoms with Gasteiger partial charge in [0.1, 0.15) is 0 Å². The number of amides is 1. The lowest BCUT2D eigenvalue weighted by molar-refractivity contribution is -0.141. The number of alkyl halides is 3. The Bertz CT molecular complexity index is 709. The Balaban J connectivity index is 1.77. The summed E-state index contributed by atoms with van der Waals surface area (Å²) < 4.78 is 43.2. The van der Waals surface area contributed by atoms with Crippen molar-refractivity contribution in [3.63, 3.8) is 0 Å². The van der Waals surface area contributed by atoms with E-state index < -0.39 is 11.7 Å². The molecular weight excluding hydrogens is 397 g/mol. The van der Waals surface area contributed by atoms with Crippen molar-refractivity contribution in [2.45, 2.75) is 44.7 Å². The van der Waals surface area contributed by atoms with Crippen LogP contribution in [0.1, 0.15) is 43.2 Å². The second-order valence-corrected chi connectivity index (χ2v) is 7.96. The first-order valence-corrected chi connectivity index (χ1v) is 10.4. The maximum Gasteiger partial charge on any atom is 0.416 e. The Kier molecular flexibility index (Phi) is 9.14. The summed E-state index contributed by atoms with van der Waals surface area (Å²) in [5.74, 6) is 0.0453. The van der Waals surface area contributed by atoms with Crippen LogP contribution in [0.3, 0.4) is 0 Å². The first kappa shape index (κ1) is 24.2. The van der Waals surface area contributed by atoms with Gasteiger partial charge in [0.15, 0.2) is 0 Å². The smallest absolute Gasteiger partial charge is 0.416 e. The largest absolute Gasteiger partial charge is 0.469 e. The summed E-state index contributed by atoms with van der Waals surface area (Å²) in [7, 11) is 3.11. The molecule has 168 valence electrons. The van der Waals surface area contributed by atoms with E-state index in [4.69, 9.17) is 0 Å². The lowest BCUT2D eigenvalue weighted by atomic mass is 9.96. The van der Waals surface area contributed by atoms with E-state index in [9.17, 15) is 22.8 Å². The summed E-state index contributed by atoms with van der Waals surface area (Å²) in [6.07, 6.45) is -0.680. The van der Waals surface area contributed by atoms with E-state index in [0.717, 1.165) is 32.0 Å². The third-order valence-corrected chi connectivity index (χ3v) is 5.53. The lowest BCUT2D eigenvalue weighted by Gasteiger charge is -2.34. The first-order valence-electron chi connectivity index (χ1n) is 10.4. The standard InChI is InChI=1S/C22H31F3N2O3/c1-26(20(28)9-4-10-21(29)30-2)15-18-7-5-12-27(16-18)13-11-17-6-3-8-19(14-17)22(23,24)25/h3,6,8,14,18H,4-5,7,9-13,15-16H2,1-2H3. The Hall–Kier alpha value is -2.09. The molecule has 1 amide bonds. The minimum Gasteiger partial charge on any atom is -0.469 e. The number of rotatable bonds is 9. The Morgan fingerprint density at radius 2 is 2.03 bits per heavy atom. The molecule has 0 spiro atoms. The van der Waals surface area contributed by atoms with Crippen LogP contribution in [0.15, 0.2) is 24.3 Å². The van der Waals surface area contributed by atoms with Crippen LogP contribution < -0.4 is 0 Å². The van der Waals surface area contributed by atoms with Gasteiger partial charge in [-0.15, -0.1) is 0 Å². The van der Waals surface area contributed by atoms with Crippen molar-refractivity contribution >= 4 is 11.9 Å². The number of hydrogen-bond donors (Lipinski definition) is 0. The van der Waals surface area contributed by atoms with Crippen molar-refractivity contribution in [2.75, 3.05) is 40.3 Å². The molecule has 0 N–H and O–H groups in total. The van der Waals surface area contributed by atoms with Crippen molar-refractivity contribution in [2.24, 2.45) is 5.92 Å². The van der Waals surface area contributed by atoms with Gasteiger partial charge in [-0.25, -0.2) is 0 Å². The first-order chi connectivity index (χ1) is 14.2. The van der Waals surface area contributed by atoms with Gasteiger partial charge in [-0.05, 0) is 49.8 Å². The minimum absolute atomic E-state index is 0.0139. The van der Waals surface area contributed by atoms with E-state index >= 15 is 0 Å². The van der Waals surface area contributed by atoms with Gasteiger partial charge < -0.3 is 14.5 Å². The third kappa shape index (κ3) is 7.97. The molecule has 1 aliphatic rings. The molecule has 1 heterocycles. The fraction of sp³-hybridized carbons (Fsp3) is 0.636. The maximum absolute atomic E-state index is 12.9. The van der Waals surface area contributed by atoms with Gasteiger partial charge in [0.2, 0.25) is 5.91 Å². The Morgan fingerprint density at radius 1 is 1.27 bits per heavy atom. The monoisotopic (exact) mass is 428 g/mol. The van der Waals surface area contributed by atoms with E-state index in [0.29, 0.717) is 43.8 Å². The molecule has 2 rings (SSSR count). The molecule has 1 aromatic rings. The summed E-state index contributed by atoms with van der Waals surface area (Å²) in [6, 6.07) is 5.51. The molecule has 0 saturated carbocycles. The average molecular weight is 428 g/mol. The topological polar surface area (TPSA) is 49.9 Å². The number of likely N-dealkylation sites (tertiary alicyclic amines) is 1. The van der Waals surface area contributed by atoms with Crippen LogP contribution in [0.25, 0.3) is 0 Å². The molecule has 0 bridgehead atoms. The molecule has 5 nitrogen and oxygen atoms in total. The van der Waals surface area contributed by atoms with Gasteiger partial charge in [0.25, 0.3) is 0 Å². The number of hydrogen-bond acceptors (Lipinski definition) is 4. The number of halogens is 3. The summed E-state index contributed by atoms with van der Waals surface area (Å²) in [4.78, 5) is 27.4. The van der Waals surface area contributed by atoms with Crippen LogP contribution >= 0.6 is 0 Å². The van der Waals surface area contributed by atoms with Crippen molar-refractivity contribution in [1.29, 1.82) is 0 Å². The summed E-state index contributed by atoms with van der Waals surface area (Å²) in [5, 5.41) is 0. The average Bonchev–Trinajstić information content (AvgIpc) is 2.71. The van der Waals surface area contributed by atoms with Gasteiger partial charge in [-0.3, -0.25) is 9.59 Å². The van der Waals surface area contributed by atoms with Crippen LogP contribution in [-0.4, -0.2) is 62.0 Å². The highest BCUT2D eigenvalue weighted by molar-refractivity contribution is 5.77. The number of esters is 1. The molecule has 30 heavy (non-hydrogen) atoms. The van der Waals surface area contributed by atoms with E-state index in [-0.39, 0.29) is 18.3 Å². The van der Waals surface area contributed by atoms with Crippen LogP contribution in [-0.2, 0) is 26.9 Å². The highest BCUT2D eigenvalue weighted by atomic mass is 19.4. The number of methoxy groups -OCH3 is 1. The zero-order chi connectivity index (χ0) is 22.1. The highest BCUT2D eigenvalue weighted by Crippen LogP contribution is 2.29. The molecule has 8 heteroatoms. The number of carbonyl (C=O) groups is 2. The van der Waals surface area contributed by atoms with Crippen LogP contribution in [0.4, 0.5) is 13.2 Å². The summed E-state index contributed by atoms with van der Waals surface area (Å²) >= 11 is 0. The molecular formula is C22H31F3N2O3. The third-order valence-electron chi connectivity index (χ3n) is 5.53. The lowest BCUT2D eigenvalue weighted by Crippen LogP contribution is -2.42. The molecule has 0 aromatic heterocycles. The Morgan fingerprint density at radius 3 is 2.73 bits per heavy atom. The van der Waals surface area contributed by atoms with E-state index in [1.807, 2.05) is 0 Å². The molecule has 1 atom stereocenters. The van der Waals surface area contributed by atoms with Crippen LogP contribution in [0, 0.1) is 5.92 Å². The molecule has 1 aromatic carbocycles. The normalized spacial score (nSPS) is 17.6. The minimum atomic E-state index is -4.32.